The van der Waals surface area contributed by atoms with Crippen molar-refractivity contribution in [3.05, 3.63) is 50.9 Å². The molecule has 0 atom stereocenters. The largest absolute Gasteiger partial charge is 0.454 e. The third kappa shape index (κ3) is 2.35. The zero-order valence-corrected chi connectivity index (χ0v) is 9.42. The van der Waals surface area contributed by atoms with E-state index in [4.69, 9.17) is 27.9 Å². The van der Waals surface area contributed by atoms with Crippen LogP contribution in [0.25, 0.3) is 0 Å². The number of hydrogen-bond acceptors (Lipinski definition) is 3. The number of halogens is 2. The second-order valence-electron chi connectivity index (χ2n) is 2.93. The predicted octanol–water partition coefficient (Wildman–Crippen LogP) is 2.87. The summed E-state index contributed by atoms with van der Waals surface area (Å²) in [5, 5.41) is 6.51. The first-order chi connectivity index (χ1) is 7.66. The van der Waals surface area contributed by atoms with Gasteiger partial charge in [0.25, 0.3) is 5.56 Å². The lowest BCUT2D eigenvalue weighted by atomic mass is 10.3. The molecule has 1 N–H and O–H groups in total. The monoisotopic (exact) mass is 256 g/mol. The van der Waals surface area contributed by atoms with E-state index >= 15 is 0 Å². The molecule has 82 valence electrons. The molecule has 1 aromatic heterocycles. The summed E-state index contributed by atoms with van der Waals surface area (Å²) in [6.07, 6.45) is 1.37. The molecule has 0 saturated heterocycles. The molecule has 0 aliphatic heterocycles. The van der Waals surface area contributed by atoms with Gasteiger partial charge in [0, 0.05) is 6.07 Å². The molecule has 2 rings (SSSR count). The van der Waals surface area contributed by atoms with E-state index in [0.29, 0.717) is 21.5 Å². The van der Waals surface area contributed by atoms with Crippen LogP contribution in [-0.2, 0) is 0 Å². The quantitative estimate of drug-likeness (QED) is 0.899. The molecule has 0 bridgehead atoms. The van der Waals surface area contributed by atoms with E-state index in [9.17, 15) is 4.79 Å². The maximum atomic E-state index is 11.0. The first-order valence-corrected chi connectivity index (χ1v) is 5.09. The molecule has 0 amide bonds. The van der Waals surface area contributed by atoms with Gasteiger partial charge < -0.3 is 4.74 Å². The summed E-state index contributed by atoms with van der Waals surface area (Å²) in [7, 11) is 0. The van der Waals surface area contributed by atoms with Gasteiger partial charge >= 0.3 is 0 Å². The number of aromatic amines is 1. The smallest absolute Gasteiger partial charge is 0.267 e. The van der Waals surface area contributed by atoms with Gasteiger partial charge in [-0.15, -0.1) is 0 Å². The van der Waals surface area contributed by atoms with E-state index in [2.05, 4.69) is 10.2 Å². The maximum absolute atomic E-state index is 11.0. The molecule has 0 spiro atoms. The van der Waals surface area contributed by atoms with Crippen molar-refractivity contribution in [1.82, 2.24) is 10.2 Å². The molecule has 2 aromatic rings. The van der Waals surface area contributed by atoms with Crippen molar-refractivity contribution in [2.45, 2.75) is 0 Å². The van der Waals surface area contributed by atoms with Crippen molar-refractivity contribution in [2.75, 3.05) is 0 Å². The fraction of sp³-hybridized carbons (Fsp3) is 0. The predicted molar refractivity (Wildman–Crippen MR) is 61.4 cm³/mol. The SMILES string of the molecule is O=c1cc(Oc2cccc(Cl)c2Cl)cn[nH]1. The normalized spacial score (nSPS) is 10.1. The number of hydrogen-bond donors (Lipinski definition) is 1. The van der Waals surface area contributed by atoms with E-state index < -0.39 is 0 Å². The highest BCUT2D eigenvalue weighted by Crippen LogP contribution is 2.33. The molecule has 0 aliphatic rings. The average molecular weight is 257 g/mol. The van der Waals surface area contributed by atoms with E-state index in [1.165, 1.54) is 12.3 Å². The highest BCUT2D eigenvalue weighted by atomic mass is 35.5. The standard InChI is InChI=1S/C10H6Cl2N2O2/c11-7-2-1-3-8(10(7)12)16-6-4-9(15)14-13-5-6/h1-5H,(H,14,15). The highest BCUT2D eigenvalue weighted by molar-refractivity contribution is 6.42. The maximum Gasteiger partial charge on any atom is 0.267 e. The Morgan fingerprint density at radius 1 is 1.31 bits per heavy atom. The van der Waals surface area contributed by atoms with Crippen molar-refractivity contribution in [3.8, 4) is 11.5 Å². The van der Waals surface area contributed by atoms with Gasteiger partial charge in [-0.25, -0.2) is 5.10 Å². The van der Waals surface area contributed by atoms with Crippen LogP contribution >= 0.6 is 23.2 Å². The Morgan fingerprint density at radius 3 is 2.88 bits per heavy atom. The van der Waals surface area contributed by atoms with Crippen molar-refractivity contribution < 1.29 is 4.74 Å². The molecule has 0 aliphatic carbocycles. The van der Waals surface area contributed by atoms with Crippen LogP contribution in [0.4, 0.5) is 0 Å². The number of aromatic nitrogens is 2. The van der Waals surface area contributed by atoms with Crippen LogP contribution in [0.5, 0.6) is 11.5 Å². The Balaban J connectivity index is 2.34. The summed E-state index contributed by atoms with van der Waals surface area (Å²) >= 11 is 11.7. The van der Waals surface area contributed by atoms with Crippen LogP contribution < -0.4 is 10.3 Å². The highest BCUT2D eigenvalue weighted by Gasteiger charge is 2.06. The summed E-state index contributed by atoms with van der Waals surface area (Å²) in [5.74, 6) is 0.675. The molecule has 1 aromatic carbocycles. The Kier molecular flexibility index (Phi) is 3.12. The van der Waals surface area contributed by atoms with Crippen LogP contribution in [0.3, 0.4) is 0 Å². The average Bonchev–Trinajstić information content (AvgIpc) is 2.25. The van der Waals surface area contributed by atoms with Gasteiger partial charge in [0.1, 0.15) is 10.8 Å². The molecule has 6 heteroatoms. The summed E-state index contributed by atoms with van der Waals surface area (Å²) < 4.78 is 5.37. The number of nitrogens with zero attached hydrogens (tertiary/aromatic N) is 1. The first-order valence-electron chi connectivity index (χ1n) is 4.33. The summed E-state index contributed by atoms with van der Waals surface area (Å²) in [5.41, 5.74) is -0.351. The van der Waals surface area contributed by atoms with E-state index in [1.54, 1.807) is 18.2 Å². The number of benzene rings is 1. The first kappa shape index (κ1) is 11.0. The second kappa shape index (κ2) is 4.55. The number of ether oxygens (including phenoxy) is 1. The van der Waals surface area contributed by atoms with Crippen LogP contribution in [0.2, 0.25) is 10.0 Å². The summed E-state index contributed by atoms with van der Waals surface area (Å²) in [4.78, 5) is 11.0. The van der Waals surface area contributed by atoms with Crippen LogP contribution in [0.15, 0.2) is 35.3 Å². The van der Waals surface area contributed by atoms with Gasteiger partial charge in [-0.2, -0.15) is 5.10 Å². The number of H-pyrrole nitrogens is 1. The van der Waals surface area contributed by atoms with E-state index in [0.717, 1.165) is 0 Å². The lowest BCUT2D eigenvalue weighted by molar-refractivity contribution is 0.477. The fourth-order valence-corrected chi connectivity index (χ4v) is 1.43. The van der Waals surface area contributed by atoms with Crippen LogP contribution in [-0.4, -0.2) is 10.2 Å². The number of rotatable bonds is 2. The lowest BCUT2D eigenvalue weighted by Crippen LogP contribution is -2.05. The van der Waals surface area contributed by atoms with Gasteiger partial charge in [0.05, 0.1) is 11.2 Å². The molecule has 4 nitrogen and oxygen atoms in total. The molecule has 0 radical (unpaired) electrons. The minimum atomic E-state index is -0.351. The van der Waals surface area contributed by atoms with Crippen LogP contribution in [0, 0.1) is 0 Å². The topological polar surface area (TPSA) is 55.0 Å². The van der Waals surface area contributed by atoms with Crippen molar-refractivity contribution in [2.24, 2.45) is 0 Å². The van der Waals surface area contributed by atoms with Crippen LogP contribution in [0.1, 0.15) is 0 Å². The molecule has 16 heavy (non-hydrogen) atoms. The lowest BCUT2D eigenvalue weighted by Gasteiger charge is -2.06. The van der Waals surface area contributed by atoms with Gasteiger partial charge in [0.15, 0.2) is 5.75 Å². The third-order valence-corrected chi connectivity index (χ3v) is 2.59. The van der Waals surface area contributed by atoms with Crippen molar-refractivity contribution in [1.29, 1.82) is 0 Å². The second-order valence-corrected chi connectivity index (χ2v) is 3.72. The Labute approximate surface area is 101 Å². The minimum absolute atomic E-state index is 0.296. The number of nitrogens with one attached hydrogen (secondary N) is 1. The Bertz CT molecular complexity index is 569. The summed E-state index contributed by atoms with van der Waals surface area (Å²) in [6.45, 7) is 0. The molecular weight excluding hydrogens is 251 g/mol. The van der Waals surface area contributed by atoms with Crippen molar-refractivity contribution in [3.63, 3.8) is 0 Å². The van der Waals surface area contributed by atoms with Gasteiger partial charge in [-0.05, 0) is 12.1 Å². The van der Waals surface area contributed by atoms with Gasteiger partial charge in [-0.1, -0.05) is 29.3 Å². The van der Waals surface area contributed by atoms with Gasteiger partial charge in [0.2, 0.25) is 0 Å². The van der Waals surface area contributed by atoms with E-state index in [-0.39, 0.29) is 5.56 Å². The fourth-order valence-electron chi connectivity index (χ4n) is 1.10. The Hall–Kier alpha value is -1.52. The third-order valence-electron chi connectivity index (χ3n) is 1.78. The van der Waals surface area contributed by atoms with Crippen molar-refractivity contribution >= 4 is 23.2 Å². The molecule has 0 fully saturated rings. The van der Waals surface area contributed by atoms with E-state index in [1.807, 2.05) is 0 Å². The zero-order valence-electron chi connectivity index (χ0n) is 7.91. The molecule has 0 unspecified atom stereocenters. The van der Waals surface area contributed by atoms with Gasteiger partial charge in [-0.3, -0.25) is 4.79 Å². The Morgan fingerprint density at radius 2 is 2.12 bits per heavy atom. The molecular formula is C10H6Cl2N2O2. The molecule has 0 saturated carbocycles. The molecule has 1 heterocycles. The minimum Gasteiger partial charge on any atom is -0.454 e. The summed E-state index contributed by atoms with van der Waals surface area (Å²) in [6, 6.07) is 6.26. The zero-order chi connectivity index (χ0) is 11.5.